The molecule has 0 spiro atoms. The molecular formula is C24H28N4O4. The van der Waals surface area contributed by atoms with Gasteiger partial charge in [-0.1, -0.05) is 0 Å². The van der Waals surface area contributed by atoms with E-state index >= 15 is 0 Å². The van der Waals surface area contributed by atoms with Gasteiger partial charge in [-0.25, -0.2) is 9.59 Å². The fourth-order valence-corrected chi connectivity index (χ4v) is 3.16. The van der Waals surface area contributed by atoms with Crippen molar-refractivity contribution in [2.75, 3.05) is 52.5 Å². The number of carbonyl (C=O) groups excluding carboxylic acids is 2. The van der Waals surface area contributed by atoms with Crippen molar-refractivity contribution in [2.24, 2.45) is 0 Å². The first kappa shape index (κ1) is 23.3. The number of ether oxygens (including phenoxy) is 2. The van der Waals surface area contributed by atoms with Crippen molar-refractivity contribution in [1.29, 1.82) is 0 Å². The molecule has 1 fully saturated rings. The summed E-state index contributed by atoms with van der Waals surface area (Å²) in [6, 6.07) is 7.29. The molecule has 1 saturated heterocycles. The van der Waals surface area contributed by atoms with E-state index in [4.69, 9.17) is 9.47 Å². The van der Waals surface area contributed by atoms with Crippen molar-refractivity contribution in [3.8, 4) is 0 Å². The zero-order valence-corrected chi connectivity index (χ0v) is 18.0. The minimum atomic E-state index is -0.347. The molecule has 8 nitrogen and oxygen atoms in total. The van der Waals surface area contributed by atoms with Gasteiger partial charge in [0.15, 0.2) is 0 Å². The maximum absolute atomic E-state index is 11.8. The van der Waals surface area contributed by atoms with Gasteiger partial charge in [-0.3, -0.25) is 19.8 Å². The first-order valence-electron chi connectivity index (χ1n) is 10.6. The maximum Gasteiger partial charge on any atom is 0.330 e. The highest BCUT2D eigenvalue weighted by atomic mass is 16.5. The molecule has 2 aromatic heterocycles. The number of rotatable bonds is 10. The molecule has 8 heteroatoms. The summed E-state index contributed by atoms with van der Waals surface area (Å²) in [6.07, 6.45) is 13.0. The smallest absolute Gasteiger partial charge is 0.330 e. The van der Waals surface area contributed by atoms with Crippen LogP contribution in [0.15, 0.2) is 61.2 Å². The van der Waals surface area contributed by atoms with Crippen molar-refractivity contribution < 1.29 is 19.1 Å². The van der Waals surface area contributed by atoms with Crippen LogP contribution in [0.1, 0.15) is 11.1 Å². The van der Waals surface area contributed by atoms with Crippen molar-refractivity contribution in [3.05, 3.63) is 72.3 Å². The lowest BCUT2D eigenvalue weighted by Gasteiger charge is -2.34. The fraction of sp³-hybridized carbons (Fsp3) is 0.333. The van der Waals surface area contributed by atoms with E-state index in [1.54, 1.807) is 36.9 Å². The van der Waals surface area contributed by atoms with Crippen molar-refractivity contribution in [1.82, 2.24) is 19.8 Å². The number of esters is 2. The number of pyridine rings is 2. The van der Waals surface area contributed by atoms with Crippen LogP contribution in [-0.4, -0.2) is 84.2 Å². The quantitative estimate of drug-likeness (QED) is 0.413. The molecule has 1 aliphatic heterocycles. The molecule has 3 heterocycles. The van der Waals surface area contributed by atoms with Crippen LogP contribution < -0.4 is 0 Å². The Balaban J connectivity index is 1.24. The van der Waals surface area contributed by atoms with E-state index in [-0.39, 0.29) is 11.9 Å². The van der Waals surface area contributed by atoms with Gasteiger partial charge in [0.05, 0.1) is 0 Å². The zero-order chi connectivity index (χ0) is 22.4. The van der Waals surface area contributed by atoms with E-state index in [9.17, 15) is 9.59 Å². The Morgan fingerprint density at radius 1 is 0.719 bits per heavy atom. The second kappa shape index (κ2) is 13.1. The lowest BCUT2D eigenvalue weighted by atomic mass is 10.2. The van der Waals surface area contributed by atoms with Crippen LogP contribution >= 0.6 is 0 Å². The Hall–Kier alpha value is -3.36. The van der Waals surface area contributed by atoms with Gasteiger partial charge in [-0.05, 0) is 47.5 Å². The largest absolute Gasteiger partial charge is 0.461 e. The predicted octanol–water partition coefficient (Wildman–Crippen LogP) is 1.91. The summed E-state index contributed by atoms with van der Waals surface area (Å²) >= 11 is 0. The van der Waals surface area contributed by atoms with Crippen LogP contribution in [-0.2, 0) is 19.1 Å². The van der Waals surface area contributed by atoms with Crippen LogP contribution in [0.3, 0.4) is 0 Å². The summed E-state index contributed by atoms with van der Waals surface area (Å²) in [5.74, 6) is -0.694. The lowest BCUT2D eigenvalue weighted by molar-refractivity contribution is -0.139. The molecule has 0 unspecified atom stereocenters. The van der Waals surface area contributed by atoms with Gasteiger partial charge in [0.1, 0.15) is 13.2 Å². The minimum absolute atomic E-state index is 0.347. The molecular weight excluding hydrogens is 408 g/mol. The van der Waals surface area contributed by atoms with Gasteiger partial charge in [0, 0.05) is 76.2 Å². The molecule has 3 rings (SSSR count). The standard InChI is InChI=1S/C24H28N4O4/c29-23(3-1-21-5-9-25-10-6-21)31-19-17-27-13-15-28(16-14-27)18-20-32-24(30)4-2-22-7-11-26-12-8-22/h1-12H,13-20H2/b3-1-,4-2-. The van der Waals surface area contributed by atoms with E-state index in [1.165, 1.54) is 12.2 Å². The van der Waals surface area contributed by atoms with Gasteiger partial charge in [-0.2, -0.15) is 0 Å². The summed E-state index contributed by atoms with van der Waals surface area (Å²) in [6.45, 7) is 5.69. The predicted molar refractivity (Wildman–Crippen MR) is 121 cm³/mol. The van der Waals surface area contributed by atoms with Crippen molar-refractivity contribution in [3.63, 3.8) is 0 Å². The number of aromatic nitrogens is 2. The highest BCUT2D eigenvalue weighted by molar-refractivity contribution is 5.87. The molecule has 1 aliphatic rings. The highest BCUT2D eigenvalue weighted by Gasteiger charge is 2.16. The highest BCUT2D eigenvalue weighted by Crippen LogP contribution is 2.03. The molecule has 0 atom stereocenters. The van der Waals surface area contributed by atoms with Crippen LogP contribution in [0.2, 0.25) is 0 Å². The fourth-order valence-electron chi connectivity index (χ4n) is 3.16. The summed E-state index contributed by atoms with van der Waals surface area (Å²) in [4.78, 5) is 36.0. The van der Waals surface area contributed by atoms with Gasteiger partial charge < -0.3 is 9.47 Å². The van der Waals surface area contributed by atoms with Crippen LogP contribution in [0.4, 0.5) is 0 Å². The van der Waals surface area contributed by atoms with E-state index < -0.39 is 0 Å². The zero-order valence-electron chi connectivity index (χ0n) is 18.0. The molecule has 0 saturated carbocycles. The van der Waals surface area contributed by atoms with E-state index in [0.29, 0.717) is 26.3 Å². The van der Waals surface area contributed by atoms with Gasteiger partial charge in [0.25, 0.3) is 0 Å². The van der Waals surface area contributed by atoms with E-state index in [2.05, 4.69) is 19.8 Å². The lowest BCUT2D eigenvalue weighted by Crippen LogP contribution is -2.48. The number of carbonyl (C=O) groups is 2. The van der Waals surface area contributed by atoms with Crippen LogP contribution in [0.5, 0.6) is 0 Å². The third kappa shape index (κ3) is 8.79. The van der Waals surface area contributed by atoms with Crippen molar-refractivity contribution in [2.45, 2.75) is 0 Å². The first-order chi connectivity index (χ1) is 15.7. The molecule has 2 aromatic rings. The molecule has 0 bridgehead atoms. The summed E-state index contributed by atoms with van der Waals surface area (Å²) in [5, 5.41) is 0. The monoisotopic (exact) mass is 436 g/mol. The Morgan fingerprint density at radius 2 is 1.09 bits per heavy atom. The third-order valence-corrected chi connectivity index (χ3v) is 5.00. The van der Waals surface area contributed by atoms with E-state index in [0.717, 1.165) is 37.3 Å². The van der Waals surface area contributed by atoms with E-state index in [1.807, 2.05) is 24.3 Å². The van der Waals surface area contributed by atoms with Gasteiger partial charge in [-0.15, -0.1) is 0 Å². The number of hydrogen-bond donors (Lipinski definition) is 0. The Labute approximate surface area is 188 Å². The Kier molecular flexibility index (Phi) is 9.57. The van der Waals surface area contributed by atoms with Crippen molar-refractivity contribution >= 4 is 24.1 Å². The Morgan fingerprint density at radius 3 is 1.47 bits per heavy atom. The van der Waals surface area contributed by atoms with Gasteiger partial charge in [0.2, 0.25) is 0 Å². The molecule has 0 N–H and O–H groups in total. The molecule has 0 aromatic carbocycles. The normalized spacial score (nSPS) is 15.2. The maximum atomic E-state index is 11.8. The number of piperazine rings is 1. The summed E-state index contributed by atoms with van der Waals surface area (Å²) in [5.41, 5.74) is 1.81. The average molecular weight is 437 g/mol. The van der Waals surface area contributed by atoms with Gasteiger partial charge >= 0.3 is 11.9 Å². The second-order valence-corrected chi connectivity index (χ2v) is 7.25. The minimum Gasteiger partial charge on any atom is -0.461 e. The number of nitrogens with zero attached hydrogens (tertiary/aromatic N) is 4. The SMILES string of the molecule is O=C(/C=C\c1ccncc1)OCCN1CCN(CCOC(=O)/C=C\c2ccncc2)CC1. The molecule has 168 valence electrons. The van der Waals surface area contributed by atoms with Crippen LogP contribution in [0, 0.1) is 0 Å². The molecule has 32 heavy (non-hydrogen) atoms. The summed E-state index contributed by atoms with van der Waals surface area (Å²) in [7, 11) is 0. The number of hydrogen-bond acceptors (Lipinski definition) is 8. The summed E-state index contributed by atoms with van der Waals surface area (Å²) < 4.78 is 10.6. The third-order valence-electron chi connectivity index (χ3n) is 5.00. The Bertz CT molecular complexity index is 819. The average Bonchev–Trinajstić information content (AvgIpc) is 2.84. The molecule has 0 aliphatic carbocycles. The first-order valence-corrected chi connectivity index (χ1v) is 10.6. The second-order valence-electron chi connectivity index (χ2n) is 7.25. The molecule has 0 amide bonds. The van der Waals surface area contributed by atoms with Crippen LogP contribution in [0.25, 0.3) is 12.2 Å². The topological polar surface area (TPSA) is 84.9 Å². The molecule has 0 radical (unpaired) electrons.